The van der Waals surface area contributed by atoms with Crippen LogP contribution in [0.5, 0.6) is 0 Å². The van der Waals surface area contributed by atoms with Crippen LogP contribution in [-0.4, -0.2) is 17.5 Å². The van der Waals surface area contributed by atoms with Crippen LogP contribution in [0.1, 0.15) is 64.7 Å². The number of aliphatic hydroxyl groups is 1. The minimum absolute atomic E-state index is 0.313. The van der Waals surface area contributed by atoms with Gasteiger partial charge in [-0.05, 0) is 19.8 Å². The van der Waals surface area contributed by atoms with Crippen molar-refractivity contribution in [3.05, 3.63) is 0 Å². The first-order valence-corrected chi connectivity index (χ1v) is 5.87. The van der Waals surface area contributed by atoms with E-state index in [9.17, 15) is 4.79 Å². The summed E-state index contributed by atoms with van der Waals surface area (Å²) in [6.07, 6.45) is 10.2. The molecule has 1 N–H and O–H groups in total. The number of hydrogen-bond acceptors (Lipinski definition) is 2. The van der Waals surface area contributed by atoms with Crippen molar-refractivity contribution in [1.29, 1.82) is 0 Å². The average Bonchev–Trinajstić information content (AvgIpc) is 2.15. The van der Waals surface area contributed by atoms with Crippen LogP contribution in [0.3, 0.4) is 0 Å². The molecule has 0 aliphatic rings. The third-order valence-corrected chi connectivity index (χ3v) is 2.44. The Hall–Kier alpha value is -0.370. The van der Waals surface area contributed by atoms with Gasteiger partial charge in [0.15, 0.2) is 0 Å². The third-order valence-electron chi connectivity index (χ3n) is 2.44. The van der Waals surface area contributed by atoms with E-state index in [1.165, 1.54) is 32.1 Å². The molecular formula is C12H24O2. The summed E-state index contributed by atoms with van der Waals surface area (Å²) < 4.78 is 0. The second-order valence-corrected chi connectivity index (χ2v) is 4.00. The van der Waals surface area contributed by atoms with Crippen molar-refractivity contribution < 1.29 is 9.90 Å². The number of hydrogen-bond donors (Lipinski definition) is 1. The van der Waals surface area contributed by atoms with Gasteiger partial charge in [-0.1, -0.05) is 38.5 Å². The molecule has 0 fully saturated rings. The molecule has 0 aromatic heterocycles. The van der Waals surface area contributed by atoms with E-state index in [-0.39, 0.29) is 0 Å². The quantitative estimate of drug-likeness (QED) is 0.550. The van der Waals surface area contributed by atoms with Crippen molar-refractivity contribution in [3.63, 3.8) is 0 Å². The monoisotopic (exact) mass is 200 g/mol. The van der Waals surface area contributed by atoms with Crippen LogP contribution in [-0.2, 0) is 4.79 Å². The van der Waals surface area contributed by atoms with Crippen LogP contribution in [0.15, 0.2) is 0 Å². The molecule has 0 rings (SSSR count). The van der Waals surface area contributed by atoms with Crippen LogP contribution in [0.2, 0.25) is 0 Å². The molecule has 0 saturated heterocycles. The molecule has 0 aromatic rings. The van der Waals surface area contributed by atoms with E-state index >= 15 is 0 Å². The zero-order chi connectivity index (χ0) is 10.6. The second kappa shape index (κ2) is 10.7. The van der Waals surface area contributed by atoms with E-state index in [0.717, 1.165) is 25.7 Å². The number of Topliss-reactive ketones (excluding diaryl/α,β-unsaturated/α-hetero) is 1. The smallest absolute Gasteiger partial charge is 0.129 e. The van der Waals surface area contributed by atoms with Crippen molar-refractivity contribution in [2.45, 2.75) is 64.7 Å². The molecule has 84 valence electrons. The Morgan fingerprint density at radius 1 is 0.857 bits per heavy atom. The van der Waals surface area contributed by atoms with Crippen LogP contribution in [0.4, 0.5) is 0 Å². The van der Waals surface area contributed by atoms with Crippen molar-refractivity contribution >= 4 is 5.78 Å². The molecular weight excluding hydrogens is 176 g/mol. The minimum Gasteiger partial charge on any atom is -0.396 e. The molecule has 0 heterocycles. The topological polar surface area (TPSA) is 37.3 Å². The number of ketones is 1. The zero-order valence-electron chi connectivity index (χ0n) is 9.43. The van der Waals surface area contributed by atoms with Gasteiger partial charge in [0.05, 0.1) is 0 Å². The molecule has 0 aromatic carbocycles. The van der Waals surface area contributed by atoms with Crippen molar-refractivity contribution in [1.82, 2.24) is 0 Å². The van der Waals surface area contributed by atoms with Crippen LogP contribution >= 0.6 is 0 Å². The highest BCUT2D eigenvalue weighted by molar-refractivity contribution is 5.75. The second-order valence-electron chi connectivity index (χ2n) is 4.00. The Balaban J connectivity index is 2.88. The number of rotatable bonds is 10. The fourth-order valence-corrected chi connectivity index (χ4v) is 1.55. The molecule has 0 atom stereocenters. The van der Waals surface area contributed by atoms with Gasteiger partial charge < -0.3 is 9.90 Å². The molecule has 0 saturated carbocycles. The van der Waals surface area contributed by atoms with E-state index < -0.39 is 0 Å². The summed E-state index contributed by atoms with van der Waals surface area (Å²) in [5.74, 6) is 0.313. The molecule has 0 spiro atoms. The molecule has 0 aliphatic carbocycles. The first kappa shape index (κ1) is 13.6. The molecule has 0 bridgehead atoms. The number of carbonyl (C=O) groups is 1. The molecule has 14 heavy (non-hydrogen) atoms. The van der Waals surface area contributed by atoms with E-state index in [0.29, 0.717) is 12.4 Å². The SMILES string of the molecule is CC(=O)CCCCCCCCCCO. The zero-order valence-corrected chi connectivity index (χ0v) is 9.43. The molecule has 0 amide bonds. The summed E-state index contributed by atoms with van der Waals surface area (Å²) in [7, 11) is 0. The number of aliphatic hydroxyl groups excluding tert-OH is 1. The van der Waals surface area contributed by atoms with E-state index in [2.05, 4.69) is 0 Å². The average molecular weight is 200 g/mol. The van der Waals surface area contributed by atoms with Gasteiger partial charge in [-0.2, -0.15) is 0 Å². The highest BCUT2D eigenvalue weighted by Gasteiger charge is 1.94. The lowest BCUT2D eigenvalue weighted by atomic mass is 10.1. The van der Waals surface area contributed by atoms with Crippen molar-refractivity contribution in [2.75, 3.05) is 6.61 Å². The molecule has 0 unspecified atom stereocenters. The van der Waals surface area contributed by atoms with Gasteiger partial charge in [0.1, 0.15) is 5.78 Å². The van der Waals surface area contributed by atoms with E-state index in [4.69, 9.17) is 5.11 Å². The molecule has 0 radical (unpaired) electrons. The van der Waals surface area contributed by atoms with Crippen molar-refractivity contribution in [3.8, 4) is 0 Å². The van der Waals surface area contributed by atoms with Gasteiger partial charge in [-0.15, -0.1) is 0 Å². The lowest BCUT2D eigenvalue weighted by Crippen LogP contribution is -1.89. The summed E-state index contributed by atoms with van der Waals surface area (Å²) in [6, 6.07) is 0. The Bertz CT molecular complexity index is 132. The maximum atomic E-state index is 10.6. The Morgan fingerprint density at radius 3 is 1.71 bits per heavy atom. The van der Waals surface area contributed by atoms with Gasteiger partial charge in [-0.3, -0.25) is 0 Å². The van der Waals surface area contributed by atoms with Crippen LogP contribution in [0, 0.1) is 0 Å². The van der Waals surface area contributed by atoms with Gasteiger partial charge in [0, 0.05) is 13.0 Å². The van der Waals surface area contributed by atoms with Crippen LogP contribution < -0.4 is 0 Å². The highest BCUT2D eigenvalue weighted by Crippen LogP contribution is 2.09. The fraction of sp³-hybridized carbons (Fsp3) is 0.917. The first-order valence-electron chi connectivity index (χ1n) is 5.87. The summed E-state index contributed by atoms with van der Waals surface area (Å²) in [5, 5.41) is 8.56. The Morgan fingerprint density at radius 2 is 1.29 bits per heavy atom. The van der Waals surface area contributed by atoms with E-state index in [1.54, 1.807) is 6.92 Å². The largest absolute Gasteiger partial charge is 0.396 e. The first-order chi connectivity index (χ1) is 6.77. The lowest BCUT2D eigenvalue weighted by molar-refractivity contribution is -0.117. The minimum atomic E-state index is 0.313. The highest BCUT2D eigenvalue weighted by atomic mass is 16.2. The number of unbranched alkanes of at least 4 members (excludes halogenated alkanes) is 7. The fourth-order valence-electron chi connectivity index (χ4n) is 1.55. The summed E-state index contributed by atoms with van der Waals surface area (Å²) in [4.78, 5) is 10.6. The normalized spacial score (nSPS) is 10.4. The lowest BCUT2D eigenvalue weighted by Gasteiger charge is -2.00. The third kappa shape index (κ3) is 11.6. The summed E-state index contributed by atoms with van der Waals surface area (Å²) >= 11 is 0. The van der Waals surface area contributed by atoms with Crippen molar-refractivity contribution in [2.24, 2.45) is 0 Å². The Labute approximate surface area is 87.7 Å². The van der Waals surface area contributed by atoms with Gasteiger partial charge in [-0.25, -0.2) is 0 Å². The van der Waals surface area contributed by atoms with Gasteiger partial charge in [0.2, 0.25) is 0 Å². The maximum Gasteiger partial charge on any atom is 0.129 e. The summed E-state index contributed by atoms with van der Waals surface area (Å²) in [6.45, 7) is 1.99. The predicted molar refractivity (Wildman–Crippen MR) is 59.3 cm³/mol. The Kier molecular flexibility index (Phi) is 10.4. The van der Waals surface area contributed by atoms with Crippen LogP contribution in [0.25, 0.3) is 0 Å². The molecule has 0 aliphatic heterocycles. The molecule has 2 nitrogen and oxygen atoms in total. The van der Waals surface area contributed by atoms with E-state index in [1.807, 2.05) is 0 Å². The van der Waals surface area contributed by atoms with Gasteiger partial charge in [0.25, 0.3) is 0 Å². The predicted octanol–water partition coefficient (Wildman–Crippen LogP) is 3.08. The van der Waals surface area contributed by atoms with Gasteiger partial charge >= 0.3 is 0 Å². The maximum absolute atomic E-state index is 10.6. The standard InChI is InChI=1S/C12H24O2/c1-12(14)10-8-6-4-2-3-5-7-9-11-13/h13H,2-11H2,1H3. The summed E-state index contributed by atoms with van der Waals surface area (Å²) in [5.41, 5.74) is 0. The number of carbonyl (C=O) groups excluding carboxylic acids is 1. The molecule has 2 heteroatoms.